The maximum Gasteiger partial charge on any atom is 0.158 e. The van der Waals surface area contributed by atoms with Crippen LogP contribution in [0.25, 0.3) is 0 Å². The van der Waals surface area contributed by atoms with Crippen molar-refractivity contribution in [1.82, 2.24) is 0 Å². The third-order valence-electron chi connectivity index (χ3n) is 9.33. The van der Waals surface area contributed by atoms with E-state index in [1.54, 1.807) is 0 Å². The molecule has 2 nitrogen and oxygen atoms in total. The zero-order chi connectivity index (χ0) is 17.5. The van der Waals surface area contributed by atoms with Gasteiger partial charge in [0.1, 0.15) is 0 Å². The van der Waals surface area contributed by atoms with E-state index in [0.717, 1.165) is 37.7 Å². The molecule has 3 fully saturated rings. The minimum absolute atomic E-state index is 0.0829. The van der Waals surface area contributed by atoms with Crippen molar-refractivity contribution in [2.24, 2.45) is 34.5 Å². The summed E-state index contributed by atoms with van der Waals surface area (Å²) in [6.45, 7) is 11.4. The number of rotatable bonds is 0. The van der Waals surface area contributed by atoms with Crippen molar-refractivity contribution in [2.45, 2.75) is 85.2 Å². The maximum absolute atomic E-state index is 12.3. The number of aliphatic hydroxyl groups is 1. The highest BCUT2D eigenvalue weighted by Gasteiger charge is 2.63. The fourth-order valence-corrected chi connectivity index (χ4v) is 7.54. The second-order valence-corrected chi connectivity index (χ2v) is 10.2. The molecule has 4 aliphatic rings. The van der Waals surface area contributed by atoms with E-state index in [9.17, 15) is 9.90 Å². The van der Waals surface area contributed by atoms with Crippen LogP contribution in [0.5, 0.6) is 0 Å². The van der Waals surface area contributed by atoms with Crippen LogP contribution in [0.2, 0.25) is 0 Å². The lowest BCUT2D eigenvalue weighted by molar-refractivity contribution is -0.133. The lowest BCUT2D eigenvalue weighted by Crippen LogP contribution is -2.56. The number of fused-ring (bicyclic) bond motifs is 5. The smallest absolute Gasteiger partial charge is 0.158 e. The van der Waals surface area contributed by atoms with Crippen molar-refractivity contribution in [1.29, 1.82) is 0 Å². The second kappa shape index (κ2) is 4.96. The summed E-state index contributed by atoms with van der Waals surface area (Å²) in [7, 11) is 0. The van der Waals surface area contributed by atoms with Crippen molar-refractivity contribution >= 4 is 5.78 Å². The first-order valence-electron chi connectivity index (χ1n) is 10.1. The Morgan fingerprint density at radius 3 is 2.42 bits per heavy atom. The van der Waals surface area contributed by atoms with Crippen molar-refractivity contribution in [3.63, 3.8) is 0 Å². The Morgan fingerprint density at radius 2 is 1.71 bits per heavy atom. The van der Waals surface area contributed by atoms with E-state index < -0.39 is 5.60 Å². The van der Waals surface area contributed by atoms with E-state index in [1.807, 2.05) is 0 Å². The molecule has 4 aliphatic carbocycles. The van der Waals surface area contributed by atoms with E-state index in [4.69, 9.17) is 0 Å². The van der Waals surface area contributed by atoms with Gasteiger partial charge in [0, 0.05) is 6.42 Å². The van der Waals surface area contributed by atoms with E-state index in [2.05, 4.69) is 34.6 Å². The fourth-order valence-electron chi connectivity index (χ4n) is 7.54. The summed E-state index contributed by atoms with van der Waals surface area (Å²) in [5, 5.41) is 11.0. The van der Waals surface area contributed by atoms with E-state index in [1.165, 1.54) is 18.4 Å². The highest BCUT2D eigenvalue weighted by atomic mass is 16.3. The fraction of sp³-hybridized carbons (Fsp3) is 0.864. The van der Waals surface area contributed by atoms with Gasteiger partial charge in [-0.3, -0.25) is 4.79 Å². The minimum atomic E-state index is -0.502. The summed E-state index contributed by atoms with van der Waals surface area (Å²) in [6, 6.07) is 0. The first kappa shape index (κ1) is 16.8. The summed E-state index contributed by atoms with van der Waals surface area (Å²) in [6.07, 6.45) is 7.40. The summed E-state index contributed by atoms with van der Waals surface area (Å²) >= 11 is 0. The molecule has 0 heterocycles. The van der Waals surface area contributed by atoms with E-state index in [-0.39, 0.29) is 10.8 Å². The van der Waals surface area contributed by atoms with Gasteiger partial charge in [0.05, 0.1) is 5.60 Å². The molecule has 24 heavy (non-hydrogen) atoms. The molecule has 0 aliphatic heterocycles. The van der Waals surface area contributed by atoms with Gasteiger partial charge in [0.25, 0.3) is 0 Å². The van der Waals surface area contributed by atoms with Crippen LogP contribution < -0.4 is 0 Å². The zero-order valence-corrected chi connectivity index (χ0v) is 16.1. The van der Waals surface area contributed by atoms with Crippen LogP contribution in [0.4, 0.5) is 0 Å². The molecule has 0 radical (unpaired) electrons. The standard InChI is InChI=1S/C22H34O2/c1-13-12-17-14(2)18(23)8-9-20(17,3)15-6-10-21(4)16(19(13)15)7-11-22(21,5)24/h13,15-16,19,24H,6-12H2,1-5H3/t13-,15+,16+,19-,20-,21+,22+/m1/s1. The highest BCUT2D eigenvalue weighted by molar-refractivity contribution is 5.96. The lowest BCUT2D eigenvalue weighted by Gasteiger charge is -2.61. The van der Waals surface area contributed by atoms with Gasteiger partial charge in [0.15, 0.2) is 5.78 Å². The van der Waals surface area contributed by atoms with Gasteiger partial charge in [-0.1, -0.05) is 26.3 Å². The molecule has 0 unspecified atom stereocenters. The lowest BCUT2D eigenvalue weighted by atomic mass is 9.44. The second-order valence-electron chi connectivity index (χ2n) is 10.2. The monoisotopic (exact) mass is 330 g/mol. The average Bonchev–Trinajstić information content (AvgIpc) is 2.76. The Hall–Kier alpha value is -0.630. The van der Waals surface area contributed by atoms with Gasteiger partial charge in [-0.05, 0) is 92.4 Å². The van der Waals surface area contributed by atoms with Crippen LogP contribution >= 0.6 is 0 Å². The van der Waals surface area contributed by atoms with Crippen LogP contribution in [0.15, 0.2) is 11.1 Å². The Labute approximate surface area is 147 Å². The molecule has 0 spiro atoms. The molecule has 0 bridgehead atoms. The van der Waals surface area contributed by atoms with Gasteiger partial charge >= 0.3 is 0 Å². The molecule has 3 saturated carbocycles. The normalized spacial score (nSPS) is 54.3. The van der Waals surface area contributed by atoms with Gasteiger partial charge in [-0.2, -0.15) is 0 Å². The molecule has 0 aromatic carbocycles. The van der Waals surface area contributed by atoms with Crippen molar-refractivity contribution in [2.75, 3.05) is 0 Å². The Bertz CT molecular complexity index is 615. The Kier molecular flexibility index (Phi) is 3.48. The van der Waals surface area contributed by atoms with Crippen molar-refractivity contribution in [3.05, 3.63) is 11.1 Å². The number of allylic oxidation sites excluding steroid dienone is 1. The van der Waals surface area contributed by atoms with Crippen molar-refractivity contribution < 1.29 is 9.90 Å². The van der Waals surface area contributed by atoms with Crippen LogP contribution in [0, 0.1) is 34.5 Å². The molecule has 4 rings (SSSR count). The third-order valence-corrected chi connectivity index (χ3v) is 9.33. The van der Waals surface area contributed by atoms with Gasteiger partial charge in [-0.25, -0.2) is 0 Å². The number of ketones is 1. The average molecular weight is 331 g/mol. The molecule has 2 heteroatoms. The van der Waals surface area contributed by atoms with Crippen LogP contribution in [0.3, 0.4) is 0 Å². The number of carbonyl (C=O) groups excluding carboxylic acids is 1. The first-order valence-corrected chi connectivity index (χ1v) is 10.1. The summed E-state index contributed by atoms with van der Waals surface area (Å²) in [4.78, 5) is 12.3. The van der Waals surface area contributed by atoms with Crippen molar-refractivity contribution in [3.8, 4) is 0 Å². The number of hydrogen-bond donors (Lipinski definition) is 1. The quantitative estimate of drug-likeness (QED) is 0.685. The largest absolute Gasteiger partial charge is 0.390 e. The predicted molar refractivity (Wildman–Crippen MR) is 96.5 cm³/mol. The summed E-state index contributed by atoms with van der Waals surface area (Å²) in [5.74, 6) is 3.09. The molecule has 0 aromatic heterocycles. The van der Waals surface area contributed by atoms with E-state index in [0.29, 0.717) is 29.5 Å². The first-order chi connectivity index (χ1) is 11.1. The molecule has 0 saturated heterocycles. The molecule has 0 aromatic rings. The van der Waals surface area contributed by atoms with Gasteiger partial charge in [0.2, 0.25) is 0 Å². The predicted octanol–water partition coefficient (Wildman–Crippen LogP) is 4.91. The van der Waals surface area contributed by atoms with Crippen LogP contribution in [-0.2, 0) is 4.79 Å². The Balaban J connectivity index is 1.77. The zero-order valence-electron chi connectivity index (χ0n) is 16.1. The molecule has 134 valence electrons. The topological polar surface area (TPSA) is 37.3 Å². The van der Waals surface area contributed by atoms with Gasteiger partial charge < -0.3 is 5.11 Å². The van der Waals surface area contributed by atoms with Crippen LogP contribution in [0.1, 0.15) is 79.6 Å². The number of carbonyl (C=O) groups is 1. The van der Waals surface area contributed by atoms with E-state index >= 15 is 0 Å². The number of hydrogen-bond acceptors (Lipinski definition) is 2. The summed E-state index contributed by atoms with van der Waals surface area (Å²) < 4.78 is 0. The number of Topliss-reactive ketones (excluding diaryl/α,β-unsaturated/α-hetero) is 1. The molecule has 7 atom stereocenters. The van der Waals surface area contributed by atoms with Gasteiger partial charge in [-0.15, -0.1) is 0 Å². The minimum Gasteiger partial charge on any atom is -0.390 e. The SMILES string of the molecule is CC1=C2C[C@@H](C)[C@@H]3[C@H](CC[C@@]4(C)[C@H]3CC[C@]4(C)O)[C@@]2(C)CCC1=O. The molecule has 1 N–H and O–H groups in total. The van der Waals surface area contributed by atoms with Crippen LogP contribution in [-0.4, -0.2) is 16.5 Å². The summed E-state index contributed by atoms with van der Waals surface area (Å²) in [5.41, 5.74) is 2.38. The molecular weight excluding hydrogens is 296 g/mol. The Morgan fingerprint density at radius 1 is 1.04 bits per heavy atom. The molecular formula is C22H34O2. The molecule has 0 amide bonds. The third kappa shape index (κ3) is 1.90. The maximum atomic E-state index is 12.3. The highest BCUT2D eigenvalue weighted by Crippen LogP contribution is 2.68.